The van der Waals surface area contributed by atoms with E-state index in [0.717, 1.165) is 0 Å². The number of aromatic nitrogens is 2. The monoisotopic (exact) mass is 294 g/mol. The van der Waals surface area contributed by atoms with E-state index in [4.69, 9.17) is 22.1 Å². The molecular formula is C13H15ClN4O2. The van der Waals surface area contributed by atoms with Crippen molar-refractivity contribution in [3.63, 3.8) is 0 Å². The van der Waals surface area contributed by atoms with Gasteiger partial charge in [-0.1, -0.05) is 17.7 Å². The Morgan fingerprint density at radius 2 is 2.30 bits per heavy atom. The number of hydrogen-bond donors (Lipinski definition) is 2. The summed E-state index contributed by atoms with van der Waals surface area (Å²) in [6.45, 7) is 0.667. The van der Waals surface area contributed by atoms with Crippen LogP contribution in [-0.4, -0.2) is 35.4 Å². The van der Waals surface area contributed by atoms with Crippen LogP contribution in [0.4, 0.5) is 5.69 Å². The Morgan fingerprint density at radius 1 is 1.45 bits per heavy atom. The molecule has 2 rings (SSSR count). The molecule has 1 aromatic carbocycles. The molecule has 0 atom stereocenters. The number of hydrogen-bond acceptors (Lipinski definition) is 4. The smallest absolute Gasteiger partial charge is 0.250 e. The van der Waals surface area contributed by atoms with Crippen LogP contribution in [0.25, 0.3) is 5.69 Å². The minimum atomic E-state index is -0.269. The molecule has 7 heteroatoms. The van der Waals surface area contributed by atoms with Crippen LogP contribution in [0, 0.1) is 0 Å². The molecule has 2 aromatic rings. The number of rotatable bonds is 6. The number of nitrogens with one attached hydrogen (secondary N) is 1. The highest BCUT2D eigenvalue weighted by atomic mass is 35.5. The molecule has 0 saturated carbocycles. The highest BCUT2D eigenvalue weighted by Crippen LogP contribution is 2.27. The van der Waals surface area contributed by atoms with Gasteiger partial charge >= 0.3 is 0 Å². The Bertz CT molecular complexity index is 572. The number of para-hydroxylation sites is 1. The minimum Gasteiger partial charge on any atom is -0.370 e. The number of halogens is 1. The first-order chi connectivity index (χ1) is 9.72. The lowest BCUT2D eigenvalue weighted by atomic mass is 10.2. The van der Waals surface area contributed by atoms with Gasteiger partial charge in [-0.2, -0.15) is 5.10 Å². The fraction of sp³-hybridized carbons (Fsp3) is 0.231. The summed E-state index contributed by atoms with van der Waals surface area (Å²) in [6.07, 6.45) is 3.39. The van der Waals surface area contributed by atoms with Gasteiger partial charge in [0, 0.05) is 18.9 Å². The van der Waals surface area contributed by atoms with Crippen LogP contribution in [0.15, 0.2) is 36.7 Å². The first-order valence-corrected chi connectivity index (χ1v) is 6.46. The molecule has 0 saturated heterocycles. The minimum absolute atomic E-state index is 0.0533. The fourth-order valence-corrected chi connectivity index (χ4v) is 1.95. The SMILES string of the molecule is NCCOCC(=O)Nc1cccc(Cl)c1-n1cccn1. The van der Waals surface area contributed by atoms with Gasteiger partial charge in [0.25, 0.3) is 0 Å². The van der Waals surface area contributed by atoms with E-state index in [2.05, 4.69) is 10.4 Å². The molecule has 1 amide bonds. The molecule has 0 fully saturated rings. The molecule has 6 nitrogen and oxygen atoms in total. The zero-order valence-corrected chi connectivity index (χ0v) is 11.5. The van der Waals surface area contributed by atoms with E-state index in [9.17, 15) is 4.79 Å². The maximum atomic E-state index is 11.8. The molecule has 0 radical (unpaired) electrons. The van der Waals surface area contributed by atoms with Gasteiger partial charge in [-0.15, -0.1) is 0 Å². The van der Waals surface area contributed by atoms with Crippen LogP contribution in [-0.2, 0) is 9.53 Å². The third kappa shape index (κ3) is 3.57. The van der Waals surface area contributed by atoms with E-state index in [1.54, 1.807) is 41.3 Å². The molecule has 0 bridgehead atoms. The molecule has 0 unspecified atom stereocenters. The number of carbonyl (C=O) groups excluding carboxylic acids is 1. The quantitative estimate of drug-likeness (QED) is 0.790. The van der Waals surface area contributed by atoms with Crippen LogP contribution in [0.5, 0.6) is 0 Å². The fourth-order valence-electron chi connectivity index (χ4n) is 1.68. The summed E-state index contributed by atoms with van der Waals surface area (Å²) in [6, 6.07) is 7.02. The summed E-state index contributed by atoms with van der Waals surface area (Å²) in [7, 11) is 0. The number of anilines is 1. The van der Waals surface area contributed by atoms with E-state index in [0.29, 0.717) is 29.5 Å². The molecule has 0 aliphatic carbocycles. The van der Waals surface area contributed by atoms with Crippen LogP contribution in [0.1, 0.15) is 0 Å². The predicted octanol–water partition coefficient (Wildman–Crippen LogP) is 1.44. The predicted molar refractivity (Wildman–Crippen MR) is 77.1 cm³/mol. The second-order valence-electron chi connectivity index (χ2n) is 3.98. The first kappa shape index (κ1) is 14.5. The van der Waals surface area contributed by atoms with Crippen molar-refractivity contribution in [1.82, 2.24) is 9.78 Å². The van der Waals surface area contributed by atoms with Gasteiger partial charge < -0.3 is 15.8 Å². The summed E-state index contributed by atoms with van der Waals surface area (Å²) in [4.78, 5) is 11.8. The molecule has 0 spiro atoms. The van der Waals surface area contributed by atoms with E-state index >= 15 is 0 Å². The zero-order chi connectivity index (χ0) is 14.4. The van der Waals surface area contributed by atoms with Crippen molar-refractivity contribution in [3.8, 4) is 5.69 Å². The standard InChI is InChI=1S/C13H15ClN4O2/c14-10-3-1-4-11(13(10)18-7-2-6-16-18)17-12(19)9-20-8-5-15/h1-4,6-7H,5,8-9,15H2,(H,17,19). The van der Waals surface area contributed by atoms with E-state index < -0.39 is 0 Å². The topological polar surface area (TPSA) is 82.2 Å². The van der Waals surface area contributed by atoms with E-state index in [1.165, 1.54) is 0 Å². The van der Waals surface area contributed by atoms with Crippen molar-refractivity contribution in [1.29, 1.82) is 0 Å². The van der Waals surface area contributed by atoms with Crippen molar-refractivity contribution < 1.29 is 9.53 Å². The van der Waals surface area contributed by atoms with Crippen LogP contribution in [0.2, 0.25) is 5.02 Å². The Balaban J connectivity index is 2.16. The van der Waals surface area contributed by atoms with Crippen LogP contribution < -0.4 is 11.1 Å². The molecular weight excluding hydrogens is 280 g/mol. The van der Waals surface area contributed by atoms with Gasteiger partial charge in [-0.3, -0.25) is 4.79 Å². The summed E-state index contributed by atoms with van der Waals surface area (Å²) < 4.78 is 6.68. The third-order valence-electron chi connectivity index (χ3n) is 2.49. The second kappa shape index (κ2) is 7.04. The van der Waals surface area contributed by atoms with Gasteiger partial charge in [-0.05, 0) is 18.2 Å². The van der Waals surface area contributed by atoms with Gasteiger partial charge in [0.05, 0.1) is 17.3 Å². The summed E-state index contributed by atoms with van der Waals surface area (Å²) in [5.41, 5.74) is 6.48. The lowest BCUT2D eigenvalue weighted by molar-refractivity contribution is -0.120. The van der Waals surface area contributed by atoms with E-state index in [1.807, 2.05) is 0 Å². The van der Waals surface area contributed by atoms with Gasteiger partial charge in [0.15, 0.2) is 0 Å². The Labute approximate surface area is 121 Å². The molecule has 1 aromatic heterocycles. The van der Waals surface area contributed by atoms with Crippen molar-refractivity contribution in [2.75, 3.05) is 25.1 Å². The van der Waals surface area contributed by atoms with Gasteiger partial charge in [0.2, 0.25) is 5.91 Å². The number of amides is 1. The highest BCUT2D eigenvalue weighted by Gasteiger charge is 2.12. The third-order valence-corrected chi connectivity index (χ3v) is 2.79. The molecule has 3 N–H and O–H groups in total. The van der Waals surface area contributed by atoms with Crippen molar-refractivity contribution >= 4 is 23.2 Å². The maximum Gasteiger partial charge on any atom is 0.250 e. The van der Waals surface area contributed by atoms with Gasteiger partial charge in [-0.25, -0.2) is 4.68 Å². The summed E-state index contributed by atoms with van der Waals surface area (Å²) in [5, 5.41) is 7.37. The molecule has 1 heterocycles. The van der Waals surface area contributed by atoms with Crippen molar-refractivity contribution in [3.05, 3.63) is 41.7 Å². The Morgan fingerprint density at radius 3 is 3.00 bits per heavy atom. The summed E-state index contributed by atoms with van der Waals surface area (Å²) >= 11 is 6.17. The number of ether oxygens (including phenoxy) is 1. The van der Waals surface area contributed by atoms with Crippen LogP contribution >= 0.6 is 11.6 Å². The van der Waals surface area contributed by atoms with Crippen LogP contribution in [0.3, 0.4) is 0 Å². The average Bonchev–Trinajstić information content (AvgIpc) is 2.93. The lowest BCUT2D eigenvalue weighted by Crippen LogP contribution is -2.21. The lowest BCUT2D eigenvalue weighted by Gasteiger charge is -2.12. The molecule has 0 aliphatic heterocycles. The molecule has 20 heavy (non-hydrogen) atoms. The molecule has 106 valence electrons. The number of nitrogens with zero attached hydrogens (tertiary/aromatic N) is 2. The molecule has 0 aliphatic rings. The average molecular weight is 295 g/mol. The van der Waals surface area contributed by atoms with Crippen molar-refractivity contribution in [2.45, 2.75) is 0 Å². The summed E-state index contributed by atoms with van der Waals surface area (Å²) in [5.74, 6) is -0.269. The number of nitrogens with two attached hydrogens (primary N) is 1. The second-order valence-corrected chi connectivity index (χ2v) is 4.38. The largest absolute Gasteiger partial charge is 0.370 e. The zero-order valence-electron chi connectivity index (χ0n) is 10.8. The Hall–Kier alpha value is -1.89. The maximum absolute atomic E-state index is 11.8. The van der Waals surface area contributed by atoms with Gasteiger partial charge in [0.1, 0.15) is 12.3 Å². The highest BCUT2D eigenvalue weighted by molar-refractivity contribution is 6.33. The number of carbonyl (C=O) groups is 1. The first-order valence-electron chi connectivity index (χ1n) is 6.08. The van der Waals surface area contributed by atoms with E-state index in [-0.39, 0.29) is 12.5 Å². The number of benzene rings is 1. The van der Waals surface area contributed by atoms with Crippen molar-refractivity contribution in [2.24, 2.45) is 5.73 Å². The normalized spacial score (nSPS) is 10.5. The Kier molecular flexibility index (Phi) is 5.11.